The highest BCUT2D eigenvalue weighted by molar-refractivity contribution is 7.91. The minimum absolute atomic E-state index is 0.0194. The minimum atomic E-state index is -3.01. The van der Waals surface area contributed by atoms with Crippen molar-refractivity contribution in [1.29, 1.82) is 0 Å². The summed E-state index contributed by atoms with van der Waals surface area (Å²) >= 11 is 0. The van der Waals surface area contributed by atoms with Gasteiger partial charge in [0.1, 0.15) is 0 Å². The fourth-order valence-corrected chi connectivity index (χ4v) is 3.36. The molecule has 2 N–H and O–H groups in total. The van der Waals surface area contributed by atoms with Gasteiger partial charge in [-0.15, -0.1) is 0 Å². The average molecular weight is 284 g/mol. The molecule has 0 spiro atoms. The van der Waals surface area contributed by atoms with Crippen molar-refractivity contribution >= 4 is 15.7 Å². The lowest BCUT2D eigenvalue weighted by Crippen LogP contribution is -2.47. The number of hydrogen-bond donors (Lipinski definition) is 2. The Balaban J connectivity index is 1.78. The standard InChI is InChI=1S/C11H16N4O3S/c16-11(13-7-9-2-1-3-14-15-9)6-10-8-19(17,18)5-4-12-10/h1-3,10,12H,4-8H2,(H,13,16). The number of nitrogens with zero attached hydrogens (tertiary/aromatic N) is 2. The van der Waals surface area contributed by atoms with E-state index in [-0.39, 0.29) is 29.9 Å². The van der Waals surface area contributed by atoms with Crippen LogP contribution in [-0.4, -0.2) is 48.6 Å². The number of carbonyl (C=O) groups excluding carboxylic acids is 1. The van der Waals surface area contributed by atoms with Gasteiger partial charge in [0.2, 0.25) is 5.91 Å². The molecule has 1 fully saturated rings. The van der Waals surface area contributed by atoms with Gasteiger partial charge in [-0.2, -0.15) is 10.2 Å². The molecule has 1 unspecified atom stereocenters. The van der Waals surface area contributed by atoms with Crippen LogP contribution in [0.3, 0.4) is 0 Å². The molecule has 1 saturated heterocycles. The molecule has 0 saturated carbocycles. The molecule has 104 valence electrons. The SMILES string of the molecule is O=C(CC1CS(=O)(=O)CCN1)NCc1cccnn1. The van der Waals surface area contributed by atoms with Crippen molar-refractivity contribution in [1.82, 2.24) is 20.8 Å². The lowest BCUT2D eigenvalue weighted by atomic mass is 10.2. The van der Waals surface area contributed by atoms with Gasteiger partial charge in [-0.25, -0.2) is 8.42 Å². The Bertz CT molecular complexity index is 532. The highest BCUT2D eigenvalue weighted by atomic mass is 32.2. The summed E-state index contributed by atoms with van der Waals surface area (Å²) in [6.45, 7) is 0.705. The summed E-state index contributed by atoms with van der Waals surface area (Å²) in [7, 11) is -3.01. The second kappa shape index (κ2) is 6.07. The number of hydrogen-bond acceptors (Lipinski definition) is 6. The summed E-state index contributed by atoms with van der Waals surface area (Å²) in [5, 5.41) is 13.3. The van der Waals surface area contributed by atoms with Crippen LogP contribution in [0.5, 0.6) is 0 Å². The van der Waals surface area contributed by atoms with Gasteiger partial charge in [-0.1, -0.05) is 0 Å². The second-order valence-corrected chi connectivity index (χ2v) is 6.69. The van der Waals surface area contributed by atoms with Crippen molar-refractivity contribution in [2.75, 3.05) is 18.1 Å². The van der Waals surface area contributed by atoms with E-state index < -0.39 is 9.84 Å². The van der Waals surface area contributed by atoms with Crippen LogP contribution in [-0.2, 0) is 21.2 Å². The molecule has 1 amide bonds. The van der Waals surface area contributed by atoms with E-state index in [1.807, 2.05) is 0 Å². The summed E-state index contributed by atoms with van der Waals surface area (Å²) in [6.07, 6.45) is 1.71. The summed E-state index contributed by atoms with van der Waals surface area (Å²) < 4.78 is 22.9. The van der Waals surface area contributed by atoms with Crippen LogP contribution in [0.4, 0.5) is 0 Å². The molecule has 1 aliphatic rings. The van der Waals surface area contributed by atoms with Crippen LogP contribution in [0.25, 0.3) is 0 Å². The normalized spacial score (nSPS) is 21.8. The number of rotatable bonds is 4. The van der Waals surface area contributed by atoms with Crippen LogP contribution in [0.2, 0.25) is 0 Å². The highest BCUT2D eigenvalue weighted by Gasteiger charge is 2.25. The Hall–Kier alpha value is -1.54. The van der Waals surface area contributed by atoms with E-state index in [0.29, 0.717) is 18.8 Å². The smallest absolute Gasteiger partial charge is 0.221 e. The van der Waals surface area contributed by atoms with E-state index in [0.717, 1.165) is 0 Å². The maximum atomic E-state index is 11.7. The lowest BCUT2D eigenvalue weighted by Gasteiger charge is -2.23. The summed E-state index contributed by atoms with van der Waals surface area (Å²) in [4.78, 5) is 11.7. The first kappa shape index (κ1) is 13.9. The molecule has 0 bridgehead atoms. The monoisotopic (exact) mass is 284 g/mol. The van der Waals surface area contributed by atoms with E-state index in [2.05, 4.69) is 20.8 Å². The Kier molecular flexibility index (Phi) is 4.43. The van der Waals surface area contributed by atoms with Crippen molar-refractivity contribution in [2.45, 2.75) is 19.0 Å². The Morgan fingerprint density at radius 3 is 3.05 bits per heavy atom. The Morgan fingerprint density at radius 2 is 2.37 bits per heavy atom. The van der Waals surface area contributed by atoms with Crippen molar-refractivity contribution < 1.29 is 13.2 Å². The summed E-state index contributed by atoms with van der Waals surface area (Å²) in [5.41, 5.74) is 0.667. The second-order valence-electron chi connectivity index (χ2n) is 4.46. The van der Waals surface area contributed by atoms with Crippen molar-refractivity contribution in [3.8, 4) is 0 Å². The molecule has 2 heterocycles. The van der Waals surface area contributed by atoms with E-state index in [1.54, 1.807) is 18.3 Å². The first-order valence-corrected chi connectivity index (χ1v) is 7.84. The fourth-order valence-electron chi connectivity index (χ4n) is 1.91. The molecule has 1 aromatic heterocycles. The maximum absolute atomic E-state index is 11.7. The molecule has 0 aliphatic carbocycles. The van der Waals surface area contributed by atoms with E-state index >= 15 is 0 Å². The zero-order valence-electron chi connectivity index (χ0n) is 10.4. The van der Waals surface area contributed by atoms with Crippen LogP contribution in [0.1, 0.15) is 12.1 Å². The molecule has 19 heavy (non-hydrogen) atoms. The zero-order chi connectivity index (χ0) is 13.7. The minimum Gasteiger partial charge on any atom is -0.350 e. The third kappa shape index (κ3) is 4.56. The van der Waals surface area contributed by atoms with Crippen LogP contribution in [0.15, 0.2) is 18.3 Å². The van der Waals surface area contributed by atoms with Gasteiger partial charge in [-0.3, -0.25) is 4.79 Å². The van der Waals surface area contributed by atoms with Gasteiger partial charge in [0.15, 0.2) is 9.84 Å². The third-order valence-electron chi connectivity index (χ3n) is 2.83. The maximum Gasteiger partial charge on any atom is 0.221 e. The van der Waals surface area contributed by atoms with Crippen molar-refractivity contribution in [3.05, 3.63) is 24.0 Å². The average Bonchev–Trinajstić information content (AvgIpc) is 2.36. The van der Waals surface area contributed by atoms with E-state index in [9.17, 15) is 13.2 Å². The van der Waals surface area contributed by atoms with E-state index in [1.165, 1.54) is 0 Å². The van der Waals surface area contributed by atoms with Gasteiger partial charge >= 0.3 is 0 Å². The molecule has 2 rings (SSSR count). The predicted octanol–water partition coefficient (Wildman–Crippen LogP) is -1.13. The zero-order valence-corrected chi connectivity index (χ0v) is 11.2. The lowest BCUT2D eigenvalue weighted by molar-refractivity contribution is -0.121. The molecular formula is C11H16N4O3S. The summed E-state index contributed by atoms with van der Waals surface area (Å²) in [6, 6.07) is 3.20. The molecule has 1 aromatic rings. The van der Waals surface area contributed by atoms with Gasteiger partial charge < -0.3 is 10.6 Å². The summed E-state index contributed by atoms with van der Waals surface area (Å²) in [5.74, 6) is -0.0312. The first-order chi connectivity index (χ1) is 9.05. The molecule has 8 heteroatoms. The fraction of sp³-hybridized carbons (Fsp3) is 0.545. The van der Waals surface area contributed by atoms with Crippen LogP contribution in [0, 0.1) is 0 Å². The quantitative estimate of drug-likeness (QED) is 0.725. The van der Waals surface area contributed by atoms with Gasteiger partial charge in [0.05, 0.1) is 23.7 Å². The number of nitrogens with one attached hydrogen (secondary N) is 2. The molecule has 0 radical (unpaired) electrons. The Morgan fingerprint density at radius 1 is 1.53 bits per heavy atom. The molecule has 1 aliphatic heterocycles. The molecule has 0 aromatic carbocycles. The van der Waals surface area contributed by atoms with E-state index in [4.69, 9.17) is 0 Å². The number of aromatic nitrogens is 2. The number of sulfone groups is 1. The third-order valence-corrected chi connectivity index (χ3v) is 4.56. The molecular weight excluding hydrogens is 268 g/mol. The number of amides is 1. The topological polar surface area (TPSA) is 101 Å². The largest absolute Gasteiger partial charge is 0.350 e. The van der Waals surface area contributed by atoms with Gasteiger partial charge in [0.25, 0.3) is 0 Å². The van der Waals surface area contributed by atoms with Crippen molar-refractivity contribution in [2.24, 2.45) is 0 Å². The Labute approximate surface area is 111 Å². The van der Waals surface area contributed by atoms with Crippen molar-refractivity contribution in [3.63, 3.8) is 0 Å². The molecule has 1 atom stereocenters. The number of carbonyl (C=O) groups is 1. The molecule has 7 nitrogen and oxygen atoms in total. The van der Waals surface area contributed by atoms with Crippen LogP contribution >= 0.6 is 0 Å². The van der Waals surface area contributed by atoms with Gasteiger partial charge in [0, 0.05) is 25.2 Å². The van der Waals surface area contributed by atoms with Crippen LogP contribution < -0.4 is 10.6 Å². The predicted molar refractivity (Wildman–Crippen MR) is 68.9 cm³/mol. The highest BCUT2D eigenvalue weighted by Crippen LogP contribution is 2.05. The van der Waals surface area contributed by atoms with Gasteiger partial charge in [-0.05, 0) is 12.1 Å². The first-order valence-electron chi connectivity index (χ1n) is 6.02.